The molecule has 0 fully saturated rings. The number of aryl methyl sites for hydroxylation is 1. The zero-order chi connectivity index (χ0) is 12.8. The van der Waals surface area contributed by atoms with E-state index in [1.54, 1.807) is 12.4 Å². The topological polar surface area (TPSA) is 89.1 Å². The molecule has 0 atom stereocenters. The maximum absolute atomic E-state index is 10.4. The van der Waals surface area contributed by atoms with Gasteiger partial charge >= 0.3 is 5.97 Å². The molecular formula is C12H13N3O3. The Balaban J connectivity index is 1.88. The lowest BCUT2D eigenvalue weighted by Crippen LogP contribution is -1.96. The second kappa shape index (κ2) is 5.90. The molecule has 0 radical (unpaired) electrons. The summed E-state index contributed by atoms with van der Waals surface area (Å²) in [6, 6.07) is 3.79. The van der Waals surface area contributed by atoms with E-state index in [0.29, 0.717) is 31.0 Å². The number of hydrogen-bond acceptors (Lipinski definition) is 5. The SMILES string of the molecule is O=C(O)CCCc1nc(Cc2cccnc2)no1. The average Bonchev–Trinajstić information content (AvgIpc) is 2.78. The van der Waals surface area contributed by atoms with E-state index in [4.69, 9.17) is 9.63 Å². The van der Waals surface area contributed by atoms with Gasteiger partial charge in [-0.1, -0.05) is 11.2 Å². The van der Waals surface area contributed by atoms with Gasteiger partial charge in [-0.25, -0.2) is 0 Å². The largest absolute Gasteiger partial charge is 0.481 e. The Kier molecular flexibility index (Phi) is 4.01. The summed E-state index contributed by atoms with van der Waals surface area (Å²) in [4.78, 5) is 18.6. The molecule has 18 heavy (non-hydrogen) atoms. The average molecular weight is 247 g/mol. The van der Waals surface area contributed by atoms with Crippen LogP contribution in [0.3, 0.4) is 0 Å². The van der Waals surface area contributed by atoms with Crippen molar-refractivity contribution >= 4 is 5.97 Å². The molecular weight excluding hydrogens is 234 g/mol. The van der Waals surface area contributed by atoms with Gasteiger partial charge in [-0.2, -0.15) is 4.98 Å². The number of rotatable bonds is 6. The molecule has 2 heterocycles. The van der Waals surface area contributed by atoms with Crippen LogP contribution < -0.4 is 0 Å². The zero-order valence-electron chi connectivity index (χ0n) is 9.74. The fraction of sp³-hybridized carbons (Fsp3) is 0.333. The van der Waals surface area contributed by atoms with Gasteiger partial charge < -0.3 is 9.63 Å². The van der Waals surface area contributed by atoms with E-state index >= 15 is 0 Å². The highest BCUT2D eigenvalue weighted by atomic mass is 16.5. The molecule has 0 saturated heterocycles. The molecule has 2 rings (SSSR count). The number of carbonyl (C=O) groups is 1. The van der Waals surface area contributed by atoms with Crippen LogP contribution in [0, 0.1) is 0 Å². The minimum atomic E-state index is -0.815. The third-order valence-electron chi connectivity index (χ3n) is 2.38. The molecule has 2 aromatic heterocycles. The van der Waals surface area contributed by atoms with Gasteiger partial charge in [0.25, 0.3) is 0 Å². The van der Waals surface area contributed by atoms with Crippen molar-refractivity contribution in [2.75, 3.05) is 0 Å². The van der Waals surface area contributed by atoms with E-state index in [9.17, 15) is 4.79 Å². The summed E-state index contributed by atoms with van der Waals surface area (Å²) in [5, 5.41) is 12.4. The molecule has 0 aliphatic heterocycles. The Bertz CT molecular complexity index is 510. The van der Waals surface area contributed by atoms with Crippen LogP contribution in [0.1, 0.15) is 30.1 Å². The third kappa shape index (κ3) is 3.65. The van der Waals surface area contributed by atoms with Gasteiger partial charge in [-0.15, -0.1) is 0 Å². The number of pyridine rings is 1. The van der Waals surface area contributed by atoms with Crippen molar-refractivity contribution in [3.05, 3.63) is 41.8 Å². The van der Waals surface area contributed by atoms with Gasteiger partial charge in [0.15, 0.2) is 5.82 Å². The van der Waals surface area contributed by atoms with Crippen molar-refractivity contribution in [2.45, 2.75) is 25.7 Å². The standard InChI is InChI=1S/C12H13N3O3/c16-12(17)5-1-4-11-14-10(15-18-11)7-9-3-2-6-13-8-9/h2-3,6,8H,1,4-5,7H2,(H,16,17). The van der Waals surface area contributed by atoms with Gasteiger partial charge in [0, 0.05) is 31.7 Å². The molecule has 0 aliphatic rings. The van der Waals surface area contributed by atoms with E-state index in [1.807, 2.05) is 12.1 Å². The van der Waals surface area contributed by atoms with Gasteiger partial charge in [0.05, 0.1) is 0 Å². The minimum absolute atomic E-state index is 0.111. The van der Waals surface area contributed by atoms with E-state index in [0.717, 1.165) is 5.56 Å². The maximum atomic E-state index is 10.4. The van der Waals surface area contributed by atoms with E-state index in [2.05, 4.69) is 15.1 Å². The van der Waals surface area contributed by atoms with Gasteiger partial charge in [0.2, 0.25) is 5.89 Å². The third-order valence-corrected chi connectivity index (χ3v) is 2.38. The summed E-state index contributed by atoms with van der Waals surface area (Å²) < 4.78 is 5.04. The number of hydrogen-bond donors (Lipinski definition) is 1. The van der Waals surface area contributed by atoms with Crippen molar-refractivity contribution in [3.63, 3.8) is 0 Å². The Morgan fingerprint density at radius 3 is 3.06 bits per heavy atom. The first-order valence-electron chi connectivity index (χ1n) is 5.66. The smallest absolute Gasteiger partial charge is 0.303 e. The van der Waals surface area contributed by atoms with Crippen molar-refractivity contribution in [1.82, 2.24) is 15.1 Å². The first kappa shape index (κ1) is 12.2. The summed E-state index contributed by atoms with van der Waals surface area (Å²) in [5.74, 6) is 0.258. The molecule has 94 valence electrons. The van der Waals surface area contributed by atoms with E-state index < -0.39 is 5.97 Å². The lowest BCUT2D eigenvalue weighted by atomic mass is 10.2. The highest BCUT2D eigenvalue weighted by molar-refractivity contribution is 5.66. The summed E-state index contributed by atoms with van der Waals surface area (Å²) in [5.41, 5.74) is 1.01. The summed E-state index contributed by atoms with van der Waals surface area (Å²) in [6.07, 6.45) is 5.13. The normalized spacial score (nSPS) is 10.4. The fourth-order valence-corrected chi connectivity index (χ4v) is 1.54. The highest BCUT2D eigenvalue weighted by Crippen LogP contribution is 2.07. The van der Waals surface area contributed by atoms with Crippen LogP contribution in [0.15, 0.2) is 29.0 Å². The van der Waals surface area contributed by atoms with Gasteiger partial charge in [0.1, 0.15) is 0 Å². The molecule has 0 unspecified atom stereocenters. The molecule has 0 aromatic carbocycles. The molecule has 6 heteroatoms. The van der Waals surface area contributed by atoms with Crippen LogP contribution in [-0.2, 0) is 17.6 Å². The fourth-order valence-electron chi connectivity index (χ4n) is 1.54. The molecule has 6 nitrogen and oxygen atoms in total. The number of carboxylic acid groups (broad SMARTS) is 1. The molecule has 0 saturated carbocycles. The second-order valence-electron chi connectivity index (χ2n) is 3.89. The van der Waals surface area contributed by atoms with Crippen molar-refractivity contribution in [2.24, 2.45) is 0 Å². The summed E-state index contributed by atoms with van der Waals surface area (Å²) in [7, 11) is 0. The van der Waals surface area contributed by atoms with Crippen LogP contribution in [-0.4, -0.2) is 26.2 Å². The van der Waals surface area contributed by atoms with Crippen LogP contribution in [0.2, 0.25) is 0 Å². The molecule has 0 aliphatic carbocycles. The van der Waals surface area contributed by atoms with Crippen LogP contribution >= 0.6 is 0 Å². The molecule has 2 aromatic rings. The van der Waals surface area contributed by atoms with E-state index in [-0.39, 0.29) is 6.42 Å². The maximum Gasteiger partial charge on any atom is 0.303 e. The van der Waals surface area contributed by atoms with Crippen molar-refractivity contribution < 1.29 is 14.4 Å². The Labute approximate surface area is 104 Å². The number of carboxylic acids is 1. The van der Waals surface area contributed by atoms with E-state index in [1.165, 1.54) is 0 Å². The first-order valence-corrected chi connectivity index (χ1v) is 5.66. The Morgan fingerprint density at radius 1 is 1.44 bits per heavy atom. The van der Waals surface area contributed by atoms with Crippen molar-refractivity contribution in [1.29, 1.82) is 0 Å². The molecule has 0 amide bonds. The number of nitrogens with zero attached hydrogens (tertiary/aromatic N) is 3. The van der Waals surface area contributed by atoms with Crippen LogP contribution in [0.4, 0.5) is 0 Å². The second-order valence-corrected chi connectivity index (χ2v) is 3.89. The molecule has 0 spiro atoms. The van der Waals surface area contributed by atoms with Crippen LogP contribution in [0.5, 0.6) is 0 Å². The summed E-state index contributed by atoms with van der Waals surface area (Å²) in [6.45, 7) is 0. The quantitative estimate of drug-likeness (QED) is 0.831. The lowest BCUT2D eigenvalue weighted by Gasteiger charge is -1.93. The lowest BCUT2D eigenvalue weighted by molar-refractivity contribution is -0.137. The monoisotopic (exact) mass is 247 g/mol. The predicted octanol–water partition coefficient (Wildman–Crippen LogP) is 1.46. The first-order chi connectivity index (χ1) is 8.74. The van der Waals surface area contributed by atoms with Crippen molar-refractivity contribution in [3.8, 4) is 0 Å². The summed E-state index contributed by atoms with van der Waals surface area (Å²) >= 11 is 0. The number of aliphatic carboxylic acids is 1. The Hall–Kier alpha value is -2.24. The van der Waals surface area contributed by atoms with Gasteiger partial charge in [-0.3, -0.25) is 9.78 Å². The predicted molar refractivity (Wildman–Crippen MR) is 61.9 cm³/mol. The minimum Gasteiger partial charge on any atom is -0.481 e. The zero-order valence-corrected chi connectivity index (χ0v) is 9.74. The molecule has 0 bridgehead atoms. The van der Waals surface area contributed by atoms with Crippen LogP contribution in [0.25, 0.3) is 0 Å². The molecule has 1 N–H and O–H groups in total. The number of aromatic nitrogens is 3. The Morgan fingerprint density at radius 2 is 2.33 bits per heavy atom. The van der Waals surface area contributed by atoms with Gasteiger partial charge in [-0.05, 0) is 18.1 Å². The highest BCUT2D eigenvalue weighted by Gasteiger charge is 2.07.